The van der Waals surface area contributed by atoms with Crippen LogP contribution in [0.15, 0.2) is 24.3 Å². The molecule has 0 radical (unpaired) electrons. The highest BCUT2D eigenvalue weighted by molar-refractivity contribution is 5.31. The smallest absolute Gasteiger partial charge is 0.119 e. The molecule has 0 spiro atoms. The molecule has 0 aliphatic heterocycles. The molecule has 0 aliphatic rings. The minimum Gasteiger partial charge on any atom is -0.494 e. The Labute approximate surface area is 130 Å². The summed E-state index contributed by atoms with van der Waals surface area (Å²) in [6.45, 7) is 12.5. The number of hydrogen-bond acceptors (Lipinski definition) is 3. The Morgan fingerprint density at radius 3 is 2.48 bits per heavy atom. The first kappa shape index (κ1) is 18.0. The number of hydrogen-bond donors (Lipinski definition) is 1. The van der Waals surface area contributed by atoms with E-state index in [4.69, 9.17) is 10.5 Å². The van der Waals surface area contributed by atoms with Crippen molar-refractivity contribution in [3.8, 4) is 5.75 Å². The average molecular weight is 292 g/mol. The SMILES string of the molecule is CCCOc1cccc(C(CN)N(C)C(C)C(C)(C)C)c1. The largest absolute Gasteiger partial charge is 0.494 e. The van der Waals surface area contributed by atoms with Gasteiger partial charge in [0.15, 0.2) is 0 Å². The molecule has 2 atom stereocenters. The second-order valence-corrected chi connectivity index (χ2v) is 6.88. The highest BCUT2D eigenvalue weighted by Crippen LogP contribution is 2.30. The van der Waals surface area contributed by atoms with Crippen molar-refractivity contribution < 1.29 is 4.74 Å². The van der Waals surface area contributed by atoms with Crippen molar-refractivity contribution in [2.75, 3.05) is 20.2 Å². The summed E-state index contributed by atoms with van der Waals surface area (Å²) >= 11 is 0. The zero-order chi connectivity index (χ0) is 16.0. The lowest BCUT2D eigenvalue weighted by Gasteiger charge is -2.40. The standard InChI is InChI=1S/C18H32N2O/c1-7-11-21-16-10-8-9-15(12-16)17(13-19)20(6)14(2)18(3,4)5/h8-10,12,14,17H,7,11,13,19H2,1-6H3. The minimum atomic E-state index is 0.212. The highest BCUT2D eigenvalue weighted by Gasteiger charge is 2.28. The van der Waals surface area contributed by atoms with Crippen LogP contribution in [-0.2, 0) is 0 Å². The number of nitrogens with zero attached hydrogens (tertiary/aromatic N) is 1. The number of nitrogens with two attached hydrogens (primary N) is 1. The van der Waals surface area contributed by atoms with E-state index >= 15 is 0 Å². The molecule has 0 aliphatic carbocycles. The summed E-state index contributed by atoms with van der Waals surface area (Å²) in [6, 6.07) is 8.98. The summed E-state index contributed by atoms with van der Waals surface area (Å²) in [7, 11) is 2.16. The van der Waals surface area contributed by atoms with E-state index < -0.39 is 0 Å². The van der Waals surface area contributed by atoms with Gasteiger partial charge in [0.05, 0.1) is 6.61 Å². The van der Waals surface area contributed by atoms with Gasteiger partial charge in [0.2, 0.25) is 0 Å². The van der Waals surface area contributed by atoms with Crippen molar-refractivity contribution in [1.82, 2.24) is 4.90 Å². The van der Waals surface area contributed by atoms with Gasteiger partial charge in [0.1, 0.15) is 5.75 Å². The zero-order valence-corrected chi connectivity index (χ0v) is 14.5. The molecule has 2 unspecified atom stereocenters. The number of likely N-dealkylation sites (N-methyl/N-ethyl adjacent to an activating group) is 1. The van der Waals surface area contributed by atoms with Crippen LogP contribution in [0, 0.1) is 5.41 Å². The van der Waals surface area contributed by atoms with Gasteiger partial charge in [-0.25, -0.2) is 0 Å². The van der Waals surface area contributed by atoms with Gasteiger partial charge in [-0.05, 0) is 43.5 Å². The maximum atomic E-state index is 6.05. The van der Waals surface area contributed by atoms with Crippen LogP contribution in [0.25, 0.3) is 0 Å². The van der Waals surface area contributed by atoms with E-state index in [-0.39, 0.29) is 11.5 Å². The van der Waals surface area contributed by atoms with Crippen molar-refractivity contribution in [2.45, 2.75) is 53.1 Å². The quantitative estimate of drug-likeness (QED) is 0.830. The molecule has 0 saturated heterocycles. The maximum Gasteiger partial charge on any atom is 0.119 e. The Hall–Kier alpha value is -1.06. The molecule has 0 aromatic heterocycles. The Morgan fingerprint density at radius 2 is 1.95 bits per heavy atom. The lowest BCUT2D eigenvalue weighted by Crippen LogP contribution is -2.43. The van der Waals surface area contributed by atoms with Gasteiger partial charge in [-0.2, -0.15) is 0 Å². The molecule has 120 valence electrons. The van der Waals surface area contributed by atoms with Crippen molar-refractivity contribution in [2.24, 2.45) is 11.1 Å². The molecule has 0 fully saturated rings. The van der Waals surface area contributed by atoms with Crippen molar-refractivity contribution in [3.63, 3.8) is 0 Å². The predicted octanol–water partition coefficient (Wildman–Crippen LogP) is 3.84. The molecule has 3 heteroatoms. The minimum absolute atomic E-state index is 0.212. The molecular formula is C18H32N2O. The molecule has 0 saturated carbocycles. The van der Waals surface area contributed by atoms with Crippen molar-refractivity contribution in [3.05, 3.63) is 29.8 Å². The fourth-order valence-corrected chi connectivity index (χ4v) is 2.45. The summed E-state index contributed by atoms with van der Waals surface area (Å²) in [6.07, 6.45) is 1.02. The highest BCUT2D eigenvalue weighted by atomic mass is 16.5. The second kappa shape index (κ2) is 7.81. The van der Waals surface area contributed by atoms with Crippen molar-refractivity contribution in [1.29, 1.82) is 0 Å². The second-order valence-electron chi connectivity index (χ2n) is 6.88. The van der Waals surface area contributed by atoms with Crippen LogP contribution in [0.3, 0.4) is 0 Å². The lowest BCUT2D eigenvalue weighted by molar-refractivity contribution is 0.1000. The fourth-order valence-electron chi connectivity index (χ4n) is 2.45. The topological polar surface area (TPSA) is 38.5 Å². The normalized spacial score (nSPS) is 15.0. The number of ether oxygens (including phenoxy) is 1. The molecular weight excluding hydrogens is 260 g/mol. The van der Waals surface area contributed by atoms with Crippen LogP contribution >= 0.6 is 0 Å². The average Bonchev–Trinajstić information content (AvgIpc) is 2.44. The third-order valence-electron chi connectivity index (χ3n) is 4.29. The molecule has 0 bridgehead atoms. The summed E-state index contributed by atoms with van der Waals surface area (Å²) in [5.41, 5.74) is 7.50. The molecule has 3 nitrogen and oxygen atoms in total. The third-order valence-corrected chi connectivity index (χ3v) is 4.29. The lowest BCUT2D eigenvalue weighted by atomic mass is 9.86. The van der Waals surface area contributed by atoms with E-state index in [1.165, 1.54) is 5.56 Å². The van der Waals surface area contributed by atoms with E-state index in [9.17, 15) is 0 Å². The van der Waals surface area contributed by atoms with Gasteiger partial charge < -0.3 is 10.5 Å². The Bertz CT molecular complexity index is 425. The number of benzene rings is 1. The van der Waals surface area contributed by atoms with Gasteiger partial charge in [-0.3, -0.25) is 4.90 Å². The Balaban J connectivity index is 2.93. The van der Waals surface area contributed by atoms with Crippen LogP contribution in [0.2, 0.25) is 0 Å². The van der Waals surface area contributed by atoms with E-state index in [0.717, 1.165) is 18.8 Å². The first-order valence-corrected chi connectivity index (χ1v) is 7.96. The van der Waals surface area contributed by atoms with Crippen LogP contribution < -0.4 is 10.5 Å². The van der Waals surface area contributed by atoms with Crippen LogP contribution in [-0.4, -0.2) is 31.1 Å². The molecule has 2 N–H and O–H groups in total. The molecule has 1 aromatic rings. The van der Waals surface area contributed by atoms with E-state index in [1.54, 1.807) is 0 Å². The van der Waals surface area contributed by atoms with Gasteiger partial charge in [-0.1, -0.05) is 39.8 Å². The fraction of sp³-hybridized carbons (Fsp3) is 0.667. The van der Waals surface area contributed by atoms with Gasteiger partial charge in [0.25, 0.3) is 0 Å². The van der Waals surface area contributed by atoms with Gasteiger partial charge >= 0.3 is 0 Å². The summed E-state index contributed by atoms with van der Waals surface area (Å²) in [5, 5.41) is 0. The first-order valence-electron chi connectivity index (χ1n) is 7.96. The summed E-state index contributed by atoms with van der Waals surface area (Å²) < 4.78 is 5.74. The van der Waals surface area contributed by atoms with Gasteiger partial charge in [0, 0.05) is 18.6 Å². The molecule has 0 heterocycles. The first-order chi connectivity index (χ1) is 9.81. The van der Waals surface area contributed by atoms with Crippen LogP contribution in [0.5, 0.6) is 5.75 Å². The molecule has 21 heavy (non-hydrogen) atoms. The molecule has 0 amide bonds. The Kier molecular flexibility index (Phi) is 6.69. The van der Waals surface area contributed by atoms with E-state index in [0.29, 0.717) is 12.6 Å². The maximum absolute atomic E-state index is 6.05. The van der Waals surface area contributed by atoms with Crippen molar-refractivity contribution >= 4 is 0 Å². The molecule has 1 aromatic carbocycles. The third kappa shape index (κ3) is 5.01. The van der Waals surface area contributed by atoms with Crippen LogP contribution in [0.1, 0.15) is 52.6 Å². The zero-order valence-electron chi connectivity index (χ0n) is 14.5. The number of rotatable bonds is 7. The summed E-state index contributed by atoms with van der Waals surface area (Å²) in [4.78, 5) is 2.37. The Morgan fingerprint density at radius 1 is 1.29 bits per heavy atom. The van der Waals surface area contributed by atoms with E-state index in [1.807, 2.05) is 6.07 Å². The molecule has 1 rings (SSSR count). The monoisotopic (exact) mass is 292 g/mol. The van der Waals surface area contributed by atoms with Crippen LogP contribution in [0.4, 0.5) is 0 Å². The summed E-state index contributed by atoms with van der Waals surface area (Å²) in [5.74, 6) is 0.935. The predicted molar refractivity (Wildman–Crippen MR) is 90.7 cm³/mol. The van der Waals surface area contributed by atoms with E-state index in [2.05, 4.69) is 64.8 Å². The van der Waals surface area contributed by atoms with Gasteiger partial charge in [-0.15, -0.1) is 0 Å².